The van der Waals surface area contributed by atoms with Crippen LogP contribution in [0.1, 0.15) is 40.1 Å². The summed E-state index contributed by atoms with van der Waals surface area (Å²) in [4.78, 5) is 46.7. The van der Waals surface area contributed by atoms with Crippen molar-refractivity contribution in [3.05, 3.63) is 48.0 Å². The zero-order chi connectivity index (χ0) is 22.7. The highest BCUT2D eigenvalue weighted by molar-refractivity contribution is 6.04. The first-order chi connectivity index (χ1) is 15.5. The first-order valence-corrected chi connectivity index (χ1v) is 10.3. The first-order valence-electron chi connectivity index (χ1n) is 10.3. The van der Waals surface area contributed by atoms with Crippen LogP contribution >= 0.6 is 0 Å². The van der Waals surface area contributed by atoms with Crippen LogP contribution in [0.2, 0.25) is 0 Å². The van der Waals surface area contributed by atoms with Crippen LogP contribution in [0.25, 0.3) is 0 Å². The zero-order valence-corrected chi connectivity index (χ0v) is 17.8. The van der Waals surface area contributed by atoms with Crippen LogP contribution in [0, 0.1) is 0 Å². The van der Waals surface area contributed by atoms with Crippen LogP contribution in [0.5, 0.6) is 5.75 Å². The van der Waals surface area contributed by atoms with E-state index in [0.717, 1.165) is 0 Å². The zero-order valence-electron chi connectivity index (χ0n) is 17.8. The Labute approximate surface area is 184 Å². The molecule has 1 aromatic carbocycles. The number of ether oxygens (including phenoxy) is 3. The Kier molecular flexibility index (Phi) is 6.31. The lowest BCUT2D eigenvalue weighted by molar-refractivity contribution is -0.151. The van der Waals surface area contributed by atoms with E-state index in [2.05, 4.69) is 15.3 Å². The van der Waals surface area contributed by atoms with Gasteiger partial charge in [-0.05, 0) is 31.0 Å². The predicted octanol–water partition coefficient (Wildman–Crippen LogP) is 1.67. The monoisotopic (exact) mass is 440 g/mol. The largest absolute Gasteiger partial charge is 0.490 e. The van der Waals surface area contributed by atoms with Crippen molar-refractivity contribution in [2.24, 2.45) is 0 Å². The lowest BCUT2D eigenvalue weighted by Crippen LogP contribution is -2.53. The molecule has 4 rings (SSSR count). The lowest BCUT2D eigenvalue weighted by Gasteiger charge is -2.42. The molecule has 1 fully saturated rings. The maximum absolute atomic E-state index is 13.2. The molecule has 0 saturated carbocycles. The van der Waals surface area contributed by atoms with Gasteiger partial charge < -0.3 is 24.4 Å². The number of hydrogen-bond donors (Lipinski definition) is 1. The van der Waals surface area contributed by atoms with Crippen molar-refractivity contribution in [2.75, 3.05) is 26.1 Å². The normalized spacial score (nSPS) is 22.5. The minimum Gasteiger partial charge on any atom is -0.490 e. The summed E-state index contributed by atoms with van der Waals surface area (Å²) in [6, 6.07) is 4.69. The number of rotatable bonds is 4. The van der Waals surface area contributed by atoms with Gasteiger partial charge >= 0.3 is 5.97 Å². The quantitative estimate of drug-likeness (QED) is 0.713. The van der Waals surface area contributed by atoms with Crippen molar-refractivity contribution in [1.29, 1.82) is 0 Å². The molecule has 0 aliphatic carbocycles. The number of nitrogens with zero attached hydrogens (tertiary/aromatic N) is 3. The molecule has 2 aliphatic rings. The first kappa shape index (κ1) is 21.7. The number of nitrogens with one attached hydrogen (secondary N) is 1. The third-order valence-corrected chi connectivity index (χ3v) is 5.69. The van der Waals surface area contributed by atoms with E-state index in [0.29, 0.717) is 29.8 Å². The van der Waals surface area contributed by atoms with Crippen LogP contribution < -0.4 is 10.1 Å². The Hall–Kier alpha value is -3.53. The molecule has 0 radical (unpaired) electrons. The number of likely N-dealkylation sites (N-methyl/N-ethyl adjacent to an activating group) is 1. The summed E-state index contributed by atoms with van der Waals surface area (Å²) < 4.78 is 16.7. The molecule has 1 N–H and O–H groups in total. The molecule has 10 nitrogen and oxygen atoms in total. The Bertz CT molecular complexity index is 1010. The van der Waals surface area contributed by atoms with Gasteiger partial charge in [0.1, 0.15) is 24.2 Å². The second-order valence-electron chi connectivity index (χ2n) is 7.70. The Balaban J connectivity index is 1.52. The van der Waals surface area contributed by atoms with Crippen molar-refractivity contribution in [3.8, 4) is 5.75 Å². The molecule has 2 aliphatic heterocycles. The van der Waals surface area contributed by atoms with Gasteiger partial charge in [0, 0.05) is 25.1 Å². The average molecular weight is 440 g/mol. The number of benzene rings is 1. The molecular formula is C22H24N4O6. The van der Waals surface area contributed by atoms with Gasteiger partial charge in [0.15, 0.2) is 0 Å². The van der Waals surface area contributed by atoms with Gasteiger partial charge in [0.25, 0.3) is 11.8 Å². The molecule has 3 heterocycles. The number of amides is 2. The minimum absolute atomic E-state index is 0.169. The Morgan fingerprint density at radius 2 is 2.12 bits per heavy atom. The summed E-state index contributed by atoms with van der Waals surface area (Å²) in [5.41, 5.74) is 0.960. The van der Waals surface area contributed by atoms with Gasteiger partial charge in [-0.2, -0.15) is 0 Å². The van der Waals surface area contributed by atoms with E-state index in [9.17, 15) is 14.4 Å². The molecular weight excluding hydrogens is 416 g/mol. The van der Waals surface area contributed by atoms with Crippen LogP contribution in [0.15, 0.2) is 36.8 Å². The maximum atomic E-state index is 13.2. The third kappa shape index (κ3) is 4.54. The van der Waals surface area contributed by atoms with Gasteiger partial charge in [0.05, 0.1) is 37.4 Å². The third-order valence-electron chi connectivity index (χ3n) is 5.69. The summed E-state index contributed by atoms with van der Waals surface area (Å²) in [5.74, 6) is -0.592. The Morgan fingerprint density at radius 3 is 2.88 bits per heavy atom. The van der Waals surface area contributed by atoms with Crippen molar-refractivity contribution in [3.63, 3.8) is 0 Å². The molecule has 0 spiro atoms. The van der Waals surface area contributed by atoms with Crippen LogP contribution in [-0.4, -0.2) is 71.7 Å². The van der Waals surface area contributed by atoms with Crippen LogP contribution in [0.3, 0.4) is 0 Å². The predicted molar refractivity (Wildman–Crippen MR) is 112 cm³/mol. The van der Waals surface area contributed by atoms with Crippen molar-refractivity contribution >= 4 is 23.5 Å². The van der Waals surface area contributed by atoms with Crippen molar-refractivity contribution < 1.29 is 28.6 Å². The molecule has 32 heavy (non-hydrogen) atoms. The summed E-state index contributed by atoms with van der Waals surface area (Å²) in [5, 5.41) is 2.73. The molecule has 10 heteroatoms. The number of aromatic nitrogens is 2. The van der Waals surface area contributed by atoms with E-state index in [-0.39, 0.29) is 48.8 Å². The standard InChI is InChI=1S/C22H24N4O6/c1-26-17-5-4-14(10-20(27)30-2)32-19(17)12-31-18-6-3-13(9-15(18)22(26)29)25-21(28)16-11-23-7-8-24-16/h3,6-9,11,14,17,19H,4-5,10,12H2,1-2H3,(H,25,28)/t14-,17-,19-/m0/s1. The van der Waals surface area contributed by atoms with E-state index >= 15 is 0 Å². The SMILES string of the molecule is COC(=O)C[C@@H]1CC[C@H]2[C@H](COc3ccc(NC(=O)c4cnccn4)cc3C(=O)N2C)O1. The summed E-state index contributed by atoms with van der Waals surface area (Å²) >= 11 is 0. The fourth-order valence-electron chi connectivity index (χ4n) is 3.99. The minimum atomic E-state index is -0.428. The van der Waals surface area contributed by atoms with Gasteiger partial charge in [-0.1, -0.05) is 0 Å². The van der Waals surface area contributed by atoms with E-state index in [1.54, 1.807) is 30.1 Å². The molecule has 2 aromatic rings. The highest BCUT2D eigenvalue weighted by Gasteiger charge is 2.39. The second kappa shape index (κ2) is 9.31. The Morgan fingerprint density at radius 1 is 1.28 bits per heavy atom. The fraction of sp³-hybridized carbons (Fsp3) is 0.409. The molecule has 1 saturated heterocycles. The summed E-state index contributed by atoms with van der Waals surface area (Å²) in [7, 11) is 3.07. The topological polar surface area (TPSA) is 120 Å². The number of anilines is 1. The average Bonchev–Trinajstić information content (AvgIpc) is 2.82. The van der Waals surface area contributed by atoms with E-state index in [1.165, 1.54) is 25.7 Å². The van der Waals surface area contributed by atoms with Crippen LogP contribution in [0.4, 0.5) is 5.69 Å². The fourth-order valence-corrected chi connectivity index (χ4v) is 3.99. The lowest BCUT2D eigenvalue weighted by atomic mass is 9.94. The van der Waals surface area contributed by atoms with Crippen molar-refractivity contribution in [2.45, 2.75) is 37.5 Å². The van der Waals surface area contributed by atoms with Gasteiger partial charge in [-0.25, -0.2) is 4.98 Å². The summed E-state index contributed by atoms with van der Waals surface area (Å²) in [6.07, 6.45) is 5.12. The number of carbonyl (C=O) groups is 3. The summed E-state index contributed by atoms with van der Waals surface area (Å²) in [6.45, 7) is 0.234. The molecule has 2 amide bonds. The number of methoxy groups -OCH3 is 1. The molecule has 0 unspecified atom stereocenters. The van der Waals surface area contributed by atoms with Crippen LogP contribution in [-0.2, 0) is 14.3 Å². The van der Waals surface area contributed by atoms with Gasteiger partial charge in [-0.3, -0.25) is 19.4 Å². The molecule has 1 aromatic heterocycles. The number of fused-ring (bicyclic) bond motifs is 2. The second-order valence-corrected chi connectivity index (χ2v) is 7.70. The molecule has 0 bridgehead atoms. The maximum Gasteiger partial charge on any atom is 0.308 e. The number of hydrogen-bond acceptors (Lipinski definition) is 8. The number of esters is 1. The molecule has 3 atom stereocenters. The van der Waals surface area contributed by atoms with E-state index in [4.69, 9.17) is 14.2 Å². The highest BCUT2D eigenvalue weighted by Crippen LogP contribution is 2.32. The smallest absolute Gasteiger partial charge is 0.308 e. The van der Waals surface area contributed by atoms with Gasteiger partial charge in [0.2, 0.25) is 0 Å². The highest BCUT2D eigenvalue weighted by atomic mass is 16.5. The number of carbonyl (C=O) groups excluding carboxylic acids is 3. The molecule has 168 valence electrons. The van der Waals surface area contributed by atoms with Gasteiger partial charge in [-0.15, -0.1) is 0 Å². The van der Waals surface area contributed by atoms with E-state index in [1.807, 2.05) is 0 Å². The van der Waals surface area contributed by atoms with Crippen molar-refractivity contribution in [1.82, 2.24) is 14.9 Å². The van der Waals surface area contributed by atoms with E-state index < -0.39 is 5.91 Å².